The first-order valence-corrected chi connectivity index (χ1v) is 11.3. The monoisotopic (exact) mass is 378 g/mol. The summed E-state index contributed by atoms with van der Waals surface area (Å²) >= 11 is 0. The van der Waals surface area contributed by atoms with Crippen molar-refractivity contribution < 1.29 is 19.0 Å². The van der Waals surface area contributed by atoms with Crippen LogP contribution in [0, 0.1) is 41.4 Å². The van der Waals surface area contributed by atoms with Gasteiger partial charge < -0.3 is 14.2 Å². The molecule has 4 heteroatoms. The summed E-state index contributed by atoms with van der Waals surface area (Å²) in [7, 11) is 1.65. The van der Waals surface area contributed by atoms with Crippen LogP contribution in [-0.2, 0) is 19.0 Å². The minimum atomic E-state index is -0.192. The van der Waals surface area contributed by atoms with Crippen LogP contribution < -0.4 is 0 Å². The van der Waals surface area contributed by atoms with Crippen molar-refractivity contribution in [1.29, 1.82) is 0 Å². The highest BCUT2D eigenvalue weighted by atomic mass is 16.7. The Balaban J connectivity index is 1.41. The molecule has 9 atom stereocenters. The normalized spacial score (nSPS) is 46.1. The predicted octanol–water partition coefficient (Wildman–Crippen LogP) is 4.81. The fourth-order valence-corrected chi connectivity index (χ4v) is 7.37. The van der Waals surface area contributed by atoms with Gasteiger partial charge in [-0.2, -0.15) is 0 Å². The Hall–Kier alpha value is -0.610. The number of rotatable bonds is 8. The summed E-state index contributed by atoms with van der Waals surface area (Å²) in [6, 6.07) is 0. The van der Waals surface area contributed by atoms with Crippen LogP contribution in [0.25, 0.3) is 0 Å². The van der Waals surface area contributed by atoms with Crippen LogP contribution in [0.2, 0.25) is 0 Å². The lowest BCUT2D eigenvalue weighted by Gasteiger charge is -2.38. The van der Waals surface area contributed by atoms with Crippen LogP contribution in [0.3, 0.4) is 0 Å². The van der Waals surface area contributed by atoms with Crippen LogP contribution in [0.4, 0.5) is 0 Å². The molecule has 0 aromatic carbocycles. The van der Waals surface area contributed by atoms with E-state index < -0.39 is 0 Å². The fraction of sp³-hybridized carbons (Fsp3) is 0.957. The van der Waals surface area contributed by atoms with Crippen LogP contribution in [0.5, 0.6) is 0 Å². The van der Waals surface area contributed by atoms with Crippen LogP contribution in [0.1, 0.15) is 72.1 Å². The van der Waals surface area contributed by atoms with Gasteiger partial charge in [0, 0.05) is 7.11 Å². The number of carbonyl (C=O) groups excluding carboxylic acids is 1. The molecule has 0 radical (unpaired) electrons. The van der Waals surface area contributed by atoms with Gasteiger partial charge in [0.1, 0.15) is 12.4 Å². The van der Waals surface area contributed by atoms with Crippen molar-refractivity contribution >= 4 is 5.97 Å². The Bertz CT molecular complexity index is 546. The molecular weight excluding hydrogens is 340 g/mol. The largest absolute Gasteiger partial charge is 0.459 e. The topological polar surface area (TPSA) is 44.8 Å². The number of ether oxygens (including phenoxy) is 3. The van der Waals surface area contributed by atoms with Gasteiger partial charge in [0.15, 0.2) is 0 Å². The number of methoxy groups -OCH3 is 1. The van der Waals surface area contributed by atoms with Crippen molar-refractivity contribution in [3.8, 4) is 0 Å². The molecule has 0 aromatic rings. The summed E-state index contributed by atoms with van der Waals surface area (Å²) in [5, 5.41) is 0. The third-order valence-electron chi connectivity index (χ3n) is 9.03. The van der Waals surface area contributed by atoms with Crippen LogP contribution in [-0.4, -0.2) is 31.6 Å². The molecule has 4 nitrogen and oxygen atoms in total. The van der Waals surface area contributed by atoms with E-state index >= 15 is 0 Å². The van der Waals surface area contributed by atoms with Gasteiger partial charge in [-0.3, -0.25) is 4.79 Å². The molecule has 0 saturated heterocycles. The Morgan fingerprint density at radius 1 is 1.15 bits per heavy atom. The number of carbonyl (C=O) groups is 1. The summed E-state index contributed by atoms with van der Waals surface area (Å²) in [4.78, 5) is 13.0. The molecule has 154 valence electrons. The first-order chi connectivity index (χ1) is 13.0. The van der Waals surface area contributed by atoms with E-state index in [0.29, 0.717) is 24.2 Å². The molecule has 0 spiro atoms. The molecule has 4 aliphatic carbocycles. The quantitative estimate of drug-likeness (QED) is 0.449. The molecule has 4 rings (SSSR count). The highest BCUT2D eigenvalue weighted by molar-refractivity contribution is 5.70. The van der Waals surface area contributed by atoms with Gasteiger partial charge in [0.2, 0.25) is 0 Å². The maximum atomic E-state index is 13.0. The second-order valence-electron chi connectivity index (χ2n) is 10.1. The zero-order valence-electron chi connectivity index (χ0n) is 17.6. The van der Waals surface area contributed by atoms with E-state index in [1.54, 1.807) is 7.11 Å². The third-order valence-corrected chi connectivity index (χ3v) is 9.03. The van der Waals surface area contributed by atoms with Gasteiger partial charge in [-0.25, -0.2) is 0 Å². The Kier molecular flexibility index (Phi) is 5.59. The van der Waals surface area contributed by atoms with Gasteiger partial charge >= 0.3 is 5.97 Å². The molecule has 0 aliphatic heterocycles. The minimum Gasteiger partial charge on any atom is -0.459 e. The van der Waals surface area contributed by atoms with Gasteiger partial charge in [-0.1, -0.05) is 20.8 Å². The summed E-state index contributed by atoms with van der Waals surface area (Å²) in [6.07, 6.45) is 8.67. The maximum absolute atomic E-state index is 13.0. The molecule has 27 heavy (non-hydrogen) atoms. The fourth-order valence-electron chi connectivity index (χ4n) is 7.37. The van der Waals surface area contributed by atoms with E-state index in [2.05, 4.69) is 20.8 Å². The molecule has 4 aliphatic rings. The van der Waals surface area contributed by atoms with Crippen LogP contribution >= 0.6 is 0 Å². The van der Waals surface area contributed by atoms with Crippen molar-refractivity contribution in [1.82, 2.24) is 0 Å². The molecule has 0 amide bonds. The molecule has 4 saturated carbocycles. The standard InChI is InChI=1S/C23H38O4/c1-5-23(12-16-6-7-18(23)8-16)27-22(24)11-21(26-13-25-4)20-10-17-9-19(20)15(3)14(17)2/h14-21H,5-13H2,1-4H3. The minimum absolute atomic E-state index is 0.0472. The predicted molar refractivity (Wildman–Crippen MR) is 104 cm³/mol. The van der Waals surface area contributed by atoms with Gasteiger partial charge in [-0.05, 0) is 86.4 Å². The number of esters is 1. The van der Waals surface area contributed by atoms with E-state index in [1.807, 2.05) is 0 Å². The Morgan fingerprint density at radius 3 is 2.52 bits per heavy atom. The van der Waals surface area contributed by atoms with Crippen molar-refractivity contribution in [3.05, 3.63) is 0 Å². The van der Waals surface area contributed by atoms with Crippen molar-refractivity contribution in [2.75, 3.05) is 13.9 Å². The van der Waals surface area contributed by atoms with Crippen molar-refractivity contribution in [3.63, 3.8) is 0 Å². The summed E-state index contributed by atoms with van der Waals surface area (Å²) in [6.45, 7) is 7.23. The maximum Gasteiger partial charge on any atom is 0.308 e. The lowest BCUT2D eigenvalue weighted by atomic mass is 9.73. The zero-order chi connectivity index (χ0) is 19.2. The SMILES string of the molecule is CCC1(OC(=O)CC(OCOC)C2CC3CC2C(C)C3C)CC2CCC1C2. The second kappa shape index (κ2) is 7.67. The highest BCUT2D eigenvalue weighted by Crippen LogP contribution is 2.57. The van der Waals surface area contributed by atoms with Gasteiger partial charge in [-0.15, -0.1) is 0 Å². The number of hydrogen-bond donors (Lipinski definition) is 0. The average molecular weight is 379 g/mol. The molecule has 0 N–H and O–H groups in total. The highest BCUT2D eigenvalue weighted by Gasteiger charge is 2.54. The van der Waals surface area contributed by atoms with E-state index in [0.717, 1.165) is 36.5 Å². The smallest absolute Gasteiger partial charge is 0.308 e. The third kappa shape index (κ3) is 3.46. The summed E-state index contributed by atoms with van der Waals surface area (Å²) in [5.41, 5.74) is -0.192. The van der Waals surface area contributed by atoms with Crippen molar-refractivity contribution in [2.45, 2.75) is 83.8 Å². The summed E-state index contributed by atoms with van der Waals surface area (Å²) in [5.74, 6) is 4.80. The first-order valence-electron chi connectivity index (χ1n) is 11.3. The number of fused-ring (bicyclic) bond motifs is 4. The Morgan fingerprint density at radius 2 is 1.96 bits per heavy atom. The van der Waals surface area contributed by atoms with E-state index in [-0.39, 0.29) is 24.5 Å². The zero-order valence-corrected chi connectivity index (χ0v) is 17.6. The van der Waals surface area contributed by atoms with E-state index in [9.17, 15) is 4.79 Å². The Labute approximate surface area is 164 Å². The van der Waals surface area contributed by atoms with Gasteiger partial charge in [0.05, 0.1) is 12.5 Å². The molecule has 9 unspecified atom stereocenters. The first kappa shape index (κ1) is 19.7. The van der Waals surface area contributed by atoms with E-state index in [1.165, 1.54) is 32.1 Å². The molecule has 0 aromatic heterocycles. The lowest BCUT2D eigenvalue weighted by molar-refractivity contribution is -0.174. The van der Waals surface area contributed by atoms with Crippen LogP contribution in [0.15, 0.2) is 0 Å². The lowest BCUT2D eigenvalue weighted by Crippen LogP contribution is -2.42. The molecule has 0 heterocycles. The van der Waals surface area contributed by atoms with Gasteiger partial charge in [0.25, 0.3) is 0 Å². The number of hydrogen-bond acceptors (Lipinski definition) is 4. The van der Waals surface area contributed by atoms with E-state index in [4.69, 9.17) is 14.2 Å². The molecule has 4 fully saturated rings. The summed E-state index contributed by atoms with van der Waals surface area (Å²) < 4.78 is 17.5. The molecule has 4 bridgehead atoms. The second-order valence-corrected chi connectivity index (χ2v) is 10.1. The van der Waals surface area contributed by atoms with Crippen molar-refractivity contribution in [2.24, 2.45) is 41.4 Å². The molecular formula is C23H38O4. The average Bonchev–Trinajstić information content (AvgIpc) is 3.41.